The molecule has 10 unspecified atom stereocenters. The second-order valence-electron chi connectivity index (χ2n) is 8.24. The number of hydrogen-bond donors (Lipinski definition) is 8. The first-order valence-corrected chi connectivity index (χ1v) is 10.7. The number of benzene rings is 2. The highest BCUT2D eigenvalue weighted by Gasteiger charge is 2.46. The van der Waals surface area contributed by atoms with Crippen molar-refractivity contribution in [2.24, 2.45) is 0 Å². The topological polar surface area (TPSA) is 199 Å². The van der Waals surface area contributed by atoms with E-state index in [2.05, 4.69) is 0 Å². The Bertz CT molecular complexity index is 892. The molecule has 2 heterocycles. The van der Waals surface area contributed by atoms with Gasteiger partial charge in [0.05, 0.1) is 13.2 Å². The molecule has 0 radical (unpaired) electrons. The highest BCUT2D eigenvalue weighted by atomic mass is 16.7. The molecule has 12 nitrogen and oxygen atoms in total. The molecule has 2 saturated heterocycles. The Kier molecular flexibility index (Phi) is 7.54. The van der Waals surface area contributed by atoms with E-state index in [-0.39, 0.29) is 11.5 Å². The van der Waals surface area contributed by atoms with Crippen LogP contribution in [0.15, 0.2) is 36.4 Å². The molecule has 2 aromatic rings. The van der Waals surface area contributed by atoms with Gasteiger partial charge in [0.25, 0.3) is 0 Å². The molecule has 8 N–H and O–H groups in total. The molecule has 2 aromatic carbocycles. The van der Waals surface area contributed by atoms with Gasteiger partial charge in [-0.2, -0.15) is 0 Å². The summed E-state index contributed by atoms with van der Waals surface area (Å²) in [7, 11) is 0. The van der Waals surface area contributed by atoms with Crippen molar-refractivity contribution < 1.29 is 59.8 Å². The second kappa shape index (κ2) is 10.3. The van der Waals surface area contributed by atoms with Crippen LogP contribution in [0.3, 0.4) is 0 Å². The zero-order chi connectivity index (χ0) is 24.6. The fourth-order valence-electron chi connectivity index (χ4n) is 4.03. The average molecular weight is 484 g/mol. The molecule has 0 aliphatic carbocycles. The minimum atomic E-state index is -1.60. The SMILES string of the molecule is OCC1OC(Oc2ccc(OC3OC(CO)C(O)C(O)C3O)c3ccccc23)C(O)C(O)C1O. The Morgan fingerprint density at radius 1 is 0.559 bits per heavy atom. The molecule has 2 fully saturated rings. The second-order valence-corrected chi connectivity index (χ2v) is 8.24. The molecule has 0 amide bonds. The molecule has 2 aliphatic rings. The van der Waals surface area contributed by atoms with Crippen molar-refractivity contribution in [3.8, 4) is 11.5 Å². The molecule has 0 spiro atoms. The maximum Gasteiger partial charge on any atom is 0.229 e. The van der Waals surface area contributed by atoms with Gasteiger partial charge >= 0.3 is 0 Å². The van der Waals surface area contributed by atoms with E-state index in [0.717, 1.165) is 0 Å². The zero-order valence-corrected chi connectivity index (χ0v) is 17.9. The molecule has 4 rings (SSSR count). The molecule has 0 bridgehead atoms. The lowest BCUT2D eigenvalue weighted by Crippen LogP contribution is -2.60. The summed E-state index contributed by atoms with van der Waals surface area (Å²) in [6.45, 7) is -1.20. The van der Waals surface area contributed by atoms with Crippen molar-refractivity contribution in [2.75, 3.05) is 13.2 Å². The minimum Gasteiger partial charge on any atom is -0.461 e. The molecule has 2 aliphatic heterocycles. The van der Waals surface area contributed by atoms with Crippen LogP contribution in [-0.4, -0.2) is 115 Å². The standard InChI is InChI=1S/C22H28O12/c23-7-13-15(25)17(27)19(29)21(33-13)31-11-5-6-12(10-4-2-1-3-9(10)11)32-22-20(30)18(28)16(26)14(8-24)34-22/h1-6,13-30H,7-8H2. The van der Waals surface area contributed by atoms with Gasteiger partial charge in [-0.3, -0.25) is 0 Å². The molecular weight excluding hydrogens is 456 g/mol. The van der Waals surface area contributed by atoms with Gasteiger partial charge in [0, 0.05) is 10.8 Å². The van der Waals surface area contributed by atoms with Gasteiger partial charge in [0.15, 0.2) is 0 Å². The number of ether oxygens (including phenoxy) is 4. The maximum atomic E-state index is 10.3. The molecule has 0 saturated carbocycles. The number of aliphatic hydroxyl groups is 8. The van der Waals surface area contributed by atoms with Crippen molar-refractivity contribution in [2.45, 2.75) is 61.4 Å². The van der Waals surface area contributed by atoms with Gasteiger partial charge in [0.1, 0.15) is 60.3 Å². The Balaban J connectivity index is 1.60. The predicted molar refractivity (Wildman–Crippen MR) is 113 cm³/mol. The first-order valence-electron chi connectivity index (χ1n) is 10.7. The van der Waals surface area contributed by atoms with Crippen LogP contribution in [0.25, 0.3) is 10.8 Å². The van der Waals surface area contributed by atoms with Crippen molar-refractivity contribution in [1.82, 2.24) is 0 Å². The highest BCUT2D eigenvalue weighted by molar-refractivity contribution is 5.93. The van der Waals surface area contributed by atoms with Crippen LogP contribution < -0.4 is 9.47 Å². The molecule has 12 heteroatoms. The van der Waals surface area contributed by atoms with Crippen LogP contribution in [-0.2, 0) is 9.47 Å². The summed E-state index contributed by atoms with van der Waals surface area (Å²) in [6.07, 6.45) is -14.5. The summed E-state index contributed by atoms with van der Waals surface area (Å²) in [5.74, 6) is 0.446. The van der Waals surface area contributed by atoms with E-state index >= 15 is 0 Å². The number of rotatable bonds is 6. The van der Waals surface area contributed by atoms with E-state index in [1.54, 1.807) is 24.3 Å². The van der Waals surface area contributed by atoms with Crippen molar-refractivity contribution >= 4 is 10.8 Å². The van der Waals surface area contributed by atoms with Crippen LogP contribution in [0.5, 0.6) is 11.5 Å². The minimum absolute atomic E-state index is 0.223. The Hall–Kier alpha value is -2.10. The highest BCUT2D eigenvalue weighted by Crippen LogP contribution is 2.36. The van der Waals surface area contributed by atoms with Crippen molar-refractivity contribution in [1.29, 1.82) is 0 Å². The summed E-state index contributed by atoms with van der Waals surface area (Å²) >= 11 is 0. The Morgan fingerprint density at radius 2 is 0.941 bits per heavy atom. The van der Waals surface area contributed by atoms with Crippen LogP contribution in [0.2, 0.25) is 0 Å². The van der Waals surface area contributed by atoms with Crippen molar-refractivity contribution in [3.05, 3.63) is 36.4 Å². The van der Waals surface area contributed by atoms with E-state index in [0.29, 0.717) is 10.8 Å². The molecule has 188 valence electrons. The van der Waals surface area contributed by atoms with Crippen molar-refractivity contribution in [3.63, 3.8) is 0 Å². The van der Waals surface area contributed by atoms with E-state index in [4.69, 9.17) is 18.9 Å². The number of aliphatic hydroxyl groups excluding tert-OH is 8. The summed E-state index contributed by atoms with van der Waals surface area (Å²) in [4.78, 5) is 0. The third-order valence-electron chi connectivity index (χ3n) is 6.03. The molecule has 10 atom stereocenters. The Morgan fingerprint density at radius 3 is 1.29 bits per heavy atom. The van der Waals surface area contributed by atoms with Crippen LogP contribution in [0, 0.1) is 0 Å². The average Bonchev–Trinajstić information content (AvgIpc) is 2.85. The largest absolute Gasteiger partial charge is 0.461 e. The van der Waals surface area contributed by atoms with Gasteiger partial charge in [-0.1, -0.05) is 24.3 Å². The van der Waals surface area contributed by atoms with Gasteiger partial charge in [-0.25, -0.2) is 0 Å². The lowest BCUT2D eigenvalue weighted by molar-refractivity contribution is -0.277. The predicted octanol–water partition coefficient (Wildman–Crippen LogP) is -2.80. The normalized spacial score (nSPS) is 38.6. The summed E-state index contributed by atoms with van der Waals surface area (Å²) in [5, 5.41) is 80.2. The van der Waals surface area contributed by atoms with Crippen LogP contribution >= 0.6 is 0 Å². The Labute approximate surface area is 193 Å². The maximum absolute atomic E-state index is 10.3. The monoisotopic (exact) mass is 484 g/mol. The zero-order valence-electron chi connectivity index (χ0n) is 17.9. The van der Waals surface area contributed by atoms with Crippen LogP contribution in [0.4, 0.5) is 0 Å². The molecular formula is C22H28O12. The van der Waals surface area contributed by atoms with E-state index < -0.39 is 74.6 Å². The van der Waals surface area contributed by atoms with Crippen LogP contribution in [0.1, 0.15) is 0 Å². The summed E-state index contributed by atoms with van der Waals surface area (Å²) in [6, 6.07) is 9.72. The summed E-state index contributed by atoms with van der Waals surface area (Å²) in [5.41, 5.74) is 0. The smallest absolute Gasteiger partial charge is 0.229 e. The van der Waals surface area contributed by atoms with E-state index in [9.17, 15) is 40.9 Å². The number of fused-ring (bicyclic) bond motifs is 1. The fraction of sp³-hybridized carbons (Fsp3) is 0.545. The third kappa shape index (κ3) is 4.57. The fourth-order valence-corrected chi connectivity index (χ4v) is 4.03. The van der Waals surface area contributed by atoms with E-state index in [1.807, 2.05) is 0 Å². The van der Waals surface area contributed by atoms with Gasteiger partial charge in [-0.15, -0.1) is 0 Å². The third-order valence-corrected chi connectivity index (χ3v) is 6.03. The first-order chi connectivity index (χ1) is 16.3. The quantitative estimate of drug-likeness (QED) is 0.210. The van der Waals surface area contributed by atoms with Gasteiger partial charge in [-0.05, 0) is 12.1 Å². The van der Waals surface area contributed by atoms with Gasteiger partial charge in [0.2, 0.25) is 12.6 Å². The first kappa shape index (κ1) is 25.0. The lowest BCUT2D eigenvalue weighted by atomic mass is 9.99. The lowest BCUT2D eigenvalue weighted by Gasteiger charge is -2.40. The number of hydrogen-bond acceptors (Lipinski definition) is 12. The summed E-state index contributed by atoms with van der Waals surface area (Å²) < 4.78 is 22.3. The molecule has 0 aromatic heterocycles. The van der Waals surface area contributed by atoms with E-state index in [1.165, 1.54) is 12.1 Å². The van der Waals surface area contributed by atoms with Gasteiger partial charge < -0.3 is 59.8 Å². The molecule has 34 heavy (non-hydrogen) atoms.